The topological polar surface area (TPSA) is 89.7 Å². The summed E-state index contributed by atoms with van der Waals surface area (Å²) in [6, 6.07) is 2.60. The van der Waals surface area contributed by atoms with Gasteiger partial charge in [-0.3, -0.25) is 0 Å². The van der Waals surface area contributed by atoms with Crippen LogP contribution in [0.3, 0.4) is 0 Å². The first-order valence-corrected chi connectivity index (χ1v) is 8.54. The van der Waals surface area contributed by atoms with Crippen LogP contribution in [0.2, 0.25) is 0 Å². The molecule has 0 aromatic carbocycles. The molecule has 0 spiro atoms. The third-order valence-electron chi connectivity index (χ3n) is 3.49. The molecule has 0 bridgehead atoms. The molecule has 0 N–H and O–H groups in total. The van der Waals surface area contributed by atoms with Crippen molar-refractivity contribution >= 4 is 21.6 Å². The highest BCUT2D eigenvalue weighted by Gasteiger charge is 2.49. The van der Waals surface area contributed by atoms with Gasteiger partial charge in [0.2, 0.25) is 0 Å². The van der Waals surface area contributed by atoms with Crippen LogP contribution in [0, 0.1) is 0 Å². The zero-order chi connectivity index (χ0) is 20.0. The summed E-state index contributed by atoms with van der Waals surface area (Å²) in [7, 11) is -5.77. The standard InChI is InChI=1S/C12H9F6N5O3S/c13-11(14,15)10-20-19-8-1-2-9(21-23(8)10)22-5-3-7(4-6-22)26-27(24,25)12(16,17)18/h1-3H,4-6H2. The van der Waals surface area contributed by atoms with Gasteiger partial charge >= 0.3 is 21.8 Å². The Labute approximate surface area is 147 Å². The molecule has 1 aliphatic rings. The lowest BCUT2D eigenvalue weighted by molar-refractivity contribution is -0.146. The van der Waals surface area contributed by atoms with Crippen LogP contribution in [0.15, 0.2) is 24.0 Å². The second-order valence-corrected chi connectivity index (χ2v) is 6.87. The summed E-state index contributed by atoms with van der Waals surface area (Å²) >= 11 is 0. The van der Waals surface area contributed by atoms with E-state index < -0.39 is 33.4 Å². The molecule has 2 aromatic rings. The van der Waals surface area contributed by atoms with Gasteiger partial charge in [-0.1, -0.05) is 0 Å². The van der Waals surface area contributed by atoms with Crippen molar-refractivity contribution in [1.29, 1.82) is 0 Å². The predicted octanol–water partition coefficient (Wildman–Crippen LogP) is 2.10. The number of nitrogens with zero attached hydrogens (tertiary/aromatic N) is 5. The molecule has 2 aromatic heterocycles. The number of alkyl halides is 6. The highest BCUT2D eigenvalue weighted by Crippen LogP contribution is 2.30. The minimum Gasteiger partial charge on any atom is -0.381 e. The third-order valence-corrected chi connectivity index (χ3v) is 4.49. The number of rotatable bonds is 3. The normalized spacial score (nSPS) is 16.5. The van der Waals surface area contributed by atoms with Gasteiger partial charge in [0.15, 0.2) is 5.65 Å². The summed E-state index contributed by atoms with van der Waals surface area (Å²) < 4.78 is 102. The summed E-state index contributed by atoms with van der Waals surface area (Å²) in [6.07, 6.45) is -3.92. The maximum atomic E-state index is 12.9. The van der Waals surface area contributed by atoms with Crippen LogP contribution in [0.1, 0.15) is 12.2 Å². The fourth-order valence-electron chi connectivity index (χ4n) is 2.25. The molecule has 0 fully saturated rings. The highest BCUT2D eigenvalue weighted by molar-refractivity contribution is 7.87. The summed E-state index contributed by atoms with van der Waals surface area (Å²) in [5.41, 5.74) is -5.70. The van der Waals surface area contributed by atoms with Gasteiger partial charge in [0.25, 0.3) is 5.82 Å². The van der Waals surface area contributed by atoms with Crippen molar-refractivity contribution in [3.63, 3.8) is 0 Å². The van der Waals surface area contributed by atoms with E-state index in [1.54, 1.807) is 0 Å². The first kappa shape index (κ1) is 19.2. The smallest absolute Gasteiger partial charge is 0.381 e. The summed E-state index contributed by atoms with van der Waals surface area (Å²) in [6.45, 7) is -0.147. The molecule has 0 radical (unpaired) electrons. The number of fused-ring (bicyclic) bond motifs is 1. The van der Waals surface area contributed by atoms with Crippen LogP contribution in [0.5, 0.6) is 0 Å². The second-order valence-electron chi connectivity index (χ2n) is 5.33. The van der Waals surface area contributed by atoms with Gasteiger partial charge < -0.3 is 9.08 Å². The Kier molecular flexibility index (Phi) is 4.44. The van der Waals surface area contributed by atoms with E-state index in [0.717, 1.165) is 6.08 Å². The van der Waals surface area contributed by atoms with Crippen LogP contribution in [0.4, 0.5) is 32.2 Å². The quantitative estimate of drug-likeness (QED) is 0.429. The average molecular weight is 417 g/mol. The fraction of sp³-hybridized carbons (Fsp3) is 0.417. The highest BCUT2D eigenvalue weighted by atomic mass is 32.2. The van der Waals surface area contributed by atoms with Crippen LogP contribution >= 0.6 is 0 Å². The van der Waals surface area contributed by atoms with Crippen LogP contribution in [0.25, 0.3) is 5.65 Å². The first-order chi connectivity index (χ1) is 12.4. The van der Waals surface area contributed by atoms with Gasteiger partial charge in [0.05, 0.1) is 0 Å². The van der Waals surface area contributed by atoms with Crippen LogP contribution < -0.4 is 4.90 Å². The minimum atomic E-state index is -5.77. The van der Waals surface area contributed by atoms with Crippen molar-refractivity contribution in [2.24, 2.45) is 0 Å². The van der Waals surface area contributed by atoms with Crippen molar-refractivity contribution in [3.8, 4) is 0 Å². The van der Waals surface area contributed by atoms with Crippen LogP contribution in [-0.4, -0.2) is 46.8 Å². The molecule has 3 rings (SSSR count). The Balaban J connectivity index is 1.81. The molecule has 27 heavy (non-hydrogen) atoms. The summed E-state index contributed by atoms with van der Waals surface area (Å²) in [5.74, 6) is -1.67. The summed E-state index contributed by atoms with van der Waals surface area (Å²) in [4.78, 5) is 1.42. The number of anilines is 1. The number of aromatic nitrogens is 4. The van der Waals surface area contributed by atoms with Crippen molar-refractivity contribution in [2.75, 3.05) is 18.0 Å². The largest absolute Gasteiger partial charge is 0.534 e. The van der Waals surface area contributed by atoms with E-state index >= 15 is 0 Å². The minimum absolute atomic E-state index is 0.0266. The fourth-order valence-corrected chi connectivity index (χ4v) is 2.77. The lowest BCUT2D eigenvalue weighted by Gasteiger charge is -2.27. The van der Waals surface area contributed by atoms with E-state index in [2.05, 4.69) is 19.5 Å². The van der Waals surface area contributed by atoms with E-state index in [1.165, 1.54) is 17.0 Å². The van der Waals surface area contributed by atoms with Crippen molar-refractivity contribution in [2.45, 2.75) is 18.1 Å². The molecule has 148 valence electrons. The predicted molar refractivity (Wildman–Crippen MR) is 76.8 cm³/mol. The zero-order valence-corrected chi connectivity index (χ0v) is 13.8. The Hall–Kier alpha value is -2.58. The Bertz CT molecular complexity index is 997. The van der Waals surface area contributed by atoms with Crippen molar-refractivity contribution in [1.82, 2.24) is 19.8 Å². The second kappa shape index (κ2) is 6.24. The molecule has 15 heteroatoms. The Morgan fingerprint density at radius 3 is 2.33 bits per heavy atom. The monoisotopic (exact) mass is 417 g/mol. The van der Waals surface area contributed by atoms with Gasteiger partial charge in [-0.2, -0.15) is 39.3 Å². The maximum Gasteiger partial charge on any atom is 0.534 e. The van der Waals surface area contributed by atoms with E-state index in [1.807, 2.05) is 0 Å². The molecule has 0 saturated carbocycles. The molecule has 0 atom stereocenters. The maximum absolute atomic E-state index is 12.9. The third kappa shape index (κ3) is 3.77. The first-order valence-electron chi connectivity index (χ1n) is 7.13. The summed E-state index contributed by atoms with van der Waals surface area (Å²) in [5, 5.41) is 10.2. The van der Waals surface area contributed by atoms with E-state index in [-0.39, 0.29) is 31.0 Å². The number of hydrogen-bond acceptors (Lipinski definition) is 7. The number of hydrogen-bond donors (Lipinski definition) is 0. The molecule has 0 amide bonds. The van der Waals surface area contributed by atoms with E-state index in [4.69, 9.17) is 0 Å². The lowest BCUT2D eigenvalue weighted by atomic mass is 10.2. The van der Waals surface area contributed by atoms with E-state index in [9.17, 15) is 34.8 Å². The molecule has 0 unspecified atom stereocenters. The lowest BCUT2D eigenvalue weighted by Crippen LogP contribution is -2.32. The van der Waals surface area contributed by atoms with Gasteiger partial charge in [-0.15, -0.1) is 15.3 Å². The van der Waals surface area contributed by atoms with Crippen LogP contribution in [-0.2, 0) is 20.5 Å². The average Bonchev–Trinajstić information content (AvgIpc) is 2.97. The Morgan fingerprint density at radius 2 is 1.78 bits per heavy atom. The van der Waals surface area contributed by atoms with E-state index in [0.29, 0.717) is 4.52 Å². The van der Waals surface area contributed by atoms with Crippen molar-refractivity contribution < 1.29 is 38.9 Å². The Morgan fingerprint density at radius 1 is 1.07 bits per heavy atom. The number of halogens is 6. The zero-order valence-electron chi connectivity index (χ0n) is 13.0. The molecule has 0 saturated heterocycles. The van der Waals surface area contributed by atoms with Gasteiger partial charge in [0.1, 0.15) is 11.6 Å². The van der Waals surface area contributed by atoms with Gasteiger partial charge in [0, 0.05) is 19.5 Å². The molecule has 3 heterocycles. The molecule has 8 nitrogen and oxygen atoms in total. The van der Waals surface area contributed by atoms with Crippen molar-refractivity contribution in [3.05, 3.63) is 29.8 Å². The molecule has 0 aliphatic carbocycles. The molecular weight excluding hydrogens is 408 g/mol. The molecule has 1 aliphatic heterocycles. The SMILES string of the molecule is O=S(=O)(OC1=CCN(c2ccc3nnc(C(F)(F)F)n3n2)CC1)C(F)(F)F. The molecular formula is C12H9F6N5O3S. The van der Waals surface area contributed by atoms with Gasteiger partial charge in [-0.05, 0) is 18.2 Å². The van der Waals surface area contributed by atoms with Gasteiger partial charge in [-0.25, -0.2) is 0 Å².